The Bertz CT molecular complexity index is 467. The molecule has 0 aromatic heterocycles. The van der Waals surface area contributed by atoms with Crippen LogP contribution in [0.15, 0.2) is 36.5 Å². The summed E-state index contributed by atoms with van der Waals surface area (Å²) < 4.78 is 5.66. The Morgan fingerprint density at radius 3 is 2.20 bits per heavy atom. The fourth-order valence-corrected chi connectivity index (χ4v) is 1.65. The normalized spacial score (nSPS) is 13.3. The molecular weight excluding hydrogens is 250 g/mol. The molecule has 3 heteroatoms. The van der Waals surface area contributed by atoms with Crippen LogP contribution >= 0.6 is 0 Å². The Morgan fingerprint density at radius 2 is 1.75 bits per heavy atom. The van der Waals surface area contributed by atoms with Crippen molar-refractivity contribution in [2.45, 2.75) is 39.2 Å². The van der Waals surface area contributed by atoms with Gasteiger partial charge in [0.1, 0.15) is 5.75 Å². The van der Waals surface area contributed by atoms with E-state index in [1.165, 1.54) is 11.6 Å². The molecule has 1 aromatic carbocycles. The highest BCUT2D eigenvalue weighted by Crippen LogP contribution is 2.24. The molecule has 1 unspecified atom stereocenters. The average Bonchev–Trinajstić information content (AvgIpc) is 2.35. The number of carbonyl (C=O) groups excluding carboxylic acids is 1. The molecule has 1 rings (SSSR count). The number of carbonyl (C=O) groups is 1. The first-order valence-electron chi connectivity index (χ1n) is 6.86. The zero-order valence-corrected chi connectivity index (χ0v) is 13.3. The second-order valence-electron chi connectivity index (χ2n) is 6.22. The fraction of sp³-hybridized carbons (Fsp3) is 0.471. The molecule has 0 saturated carbocycles. The van der Waals surface area contributed by atoms with Crippen molar-refractivity contribution in [2.75, 3.05) is 14.1 Å². The number of benzene rings is 1. The highest BCUT2D eigenvalue weighted by molar-refractivity contribution is 5.93. The van der Waals surface area contributed by atoms with Gasteiger partial charge in [-0.2, -0.15) is 0 Å². The third-order valence-electron chi connectivity index (χ3n) is 2.97. The Kier molecular flexibility index (Phi) is 5.37. The van der Waals surface area contributed by atoms with Gasteiger partial charge in [0.25, 0.3) is 0 Å². The monoisotopic (exact) mass is 275 g/mol. The summed E-state index contributed by atoms with van der Waals surface area (Å²) in [6, 6.07) is 7.92. The molecule has 0 radical (unpaired) electrons. The summed E-state index contributed by atoms with van der Waals surface area (Å²) in [5.74, 6) is 0.677. The van der Waals surface area contributed by atoms with Gasteiger partial charge in [0.2, 0.25) is 0 Å². The van der Waals surface area contributed by atoms with Gasteiger partial charge in [-0.3, -0.25) is 4.79 Å². The van der Waals surface area contributed by atoms with Crippen molar-refractivity contribution in [3.8, 4) is 5.75 Å². The van der Waals surface area contributed by atoms with E-state index in [1.807, 2.05) is 43.3 Å². The molecule has 110 valence electrons. The molecule has 0 fully saturated rings. The lowest BCUT2D eigenvalue weighted by molar-refractivity contribution is -0.120. The van der Waals surface area contributed by atoms with Gasteiger partial charge in [0.05, 0.1) is 0 Å². The number of hydrogen-bond acceptors (Lipinski definition) is 3. The maximum absolute atomic E-state index is 11.8. The third-order valence-corrected chi connectivity index (χ3v) is 2.97. The van der Waals surface area contributed by atoms with Gasteiger partial charge in [-0.15, -0.1) is 0 Å². The van der Waals surface area contributed by atoms with Crippen molar-refractivity contribution in [2.24, 2.45) is 0 Å². The van der Waals surface area contributed by atoms with Crippen molar-refractivity contribution in [3.05, 3.63) is 42.1 Å². The van der Waals surface area contributed by atoms with Crippen LogP contribution in [0.3, 0.4) is 0 Å². The largest absolute Gasteiger partial charge is 0.483 e. The second-order valence-corrected chi connectivity index (χ2v) is 6.22. The van der Waals surface area contributed by atoms with E-state index in [0.717, 1.165) is 5.75 Å². The molecule has 0 heterocycles. The topological polar surface area (TPSA) is 29.5 Å². The number of ketones is 1. The molecule has 3 nitrogen and oxygen atoms in total. The number of nitrogens with zero attached hydrogens (tertiary/aromatic N) is 1. The van der Waals surface area contributed by atoms with Crippen LogP contribution in [-0.4, -0.2) is 30.9 Å². The zero-order chi connectivity index (χ0) is 15.3. The van der Waals surface area contributed by atoms with E-state index in [1.54, 1.807) is 13.1 Å². The Labute approximate surface area is 122 Å². The molecule has 0 saturated heterocycles. The van der Waals surface area contributed by atoms with E-state index in [-0.39, 0.29) is 11.2 Å². The first-order valence-corrected chi connectivity index (χ1v) is 6.86. The summed E-state index contributed by atoms with van der Waals surface area (Å²) in [4.78, 5) is 13.7. The van der Waals surface area contributed by atoms with Crippen LogP contribution in [0.1, 0.15) is 33.3 Å². The van der Waals surface area contributed by atoms with Gasteiger partial charge < -0.3 is 9.64 Å². The minimum Gasteiger partial charge on any atom is -0.483 e. The summed E-state index contributed by atoms with van der Waals surface area (Å²) in [5.41, 5.74) is 1.37. The first-order chi connectivity index (χ1) is 9.20. The number of hydrogen-bond donors (Lipinski definition) is 0. The maximum atomic E-state index is 11.8. The summed E-state index contributed by atoms with van der Waals surface area (Å²) in [6.45, 7) is 8.27. The van der Waals surface area contributed by atoms with Crippen molar-refractivity contribution >= 4 is 5.78 Å². The Hall–Kier alpha value is -1.77. The fourth-order valence-electron chi connectivity index (χ4n) is 1.65. The van der Waals surface area contributed by atoms with E-state index in [0.29, 0.717) is 0 Å². The van der Waals surface area contributed by atoms with E-state index in [4.69, 9.17) is 4.74 Å². The van der Waals surface area contributed by atoms with Gasteiger partial charge in [0, 0.05) is 26.4 Å². The smallest absolute Gasteiger partial charge is 0.197 e. The molecule has 0 aliphatic heterocycles. The maximum Gasteiger partial charge on any atom is 0.197 e. The standard InChI is InChI=1S/C17H25NO2/c1-13(16(19)11-12-18(5)6)20-15-9-7-14(8-10-15)17(2,3)4/h7-13H,1-6H3/b12-11+. The summed E-state index contributed by atoms with van der Waals surface area (Å²) in [7, 11) is 3.75. The highest BCUT2D eigenvalue weighted by atomic mass is 16.5. The molecule has 0 amide bonds. The predicted octanol–water partition coefficient (Wildman–Crippen LogP) is 3.40. The van der Waals surface area contributed by atoms with Gasteiger partial charge in [0.15, 0.2) is 11.9 Å². The Balaban J connectivity index is 2.67. The molecule has 1 aromatic rings. The molecule has 20 heavy (non-hydrogen) atoms. The van der Waals surface area contributed by atoms with Gasteiger partial charge in [-0.1, -0.05) is 32.9 Å². The molecule has 0 spiro atoms. The first kappa shape index (κ1) is 16.3. The van der Waals surface area contributed by atoms with Crippen molar-refractivity contribution < 1.29 is 9.53 Å². The quantitative estimate of drug-likeness (QED) is 0.771. The third kappa shape index (κ3) is 5.08. The van der Waals surface area contributed by atoms with E-state index in [2.05, 4.69) is 20.8 Å². The molecule has 0 aliphatic rings. The predicted molar refractivity (Wildman–Crippen MR) is 83.1 cm³/mol. The van der Waals surface area contributed by atoms with E-state index in [9.17, 15) is 4.79 Å². The molecule has 0 bridgehead atoms. The van der Waals surface area contributed by atoms with Crippen molar-refractivity contribution in [1.82, 2.24) is 4.90 Å². The van der Waals surface area contributed by atoms with Crippen LogP contribution in [0, 0.1) is 0 Å². The van der Waals surface area contributed by atoms with Crippen LogP contribution in [-0.2, 0) is 10.2 Å². The SMILES string of the molecule is CC(Oc1ccc(C(C)(C)C)cc1)C(=O)/C=C/N(C)C. The second kappa shape index (κ2) is 6.60. The van der Waals surface area contributed by atoms with Gasteiger partial charge in [-0.05, 0) is 30.0 Å². The molecular formula is C17H25NO2. The van der Waals surface area contributed by atoms with E-state index < -0.39 is 6.10 Å². The van der Waals surface area contributed by atoms with Crippen LogP contribution in [0.5, 0.6) is 5.75 Å². The minimum atomic E-state index is -0.480. The van der Waals surface area contributed by atoms with Crippen LogP contribution in [0.25, 0.3) is 0 Å². The number of ether oxygens (including phenoxy) is 1. The van der Waals surface area contributed by atoms with Crippen LogP contribution < -0.4 is 4.74 Å². The lowest BCUT2D eigenvalue weighted by Gasteiger charge is -2.19. The summed E-state index contributed by atoms with van der Waals surface area (Å²) in [5, 5.41) is 0. The minimum absolute atomic E-state index is 0.0430. The molecule has 1 atom stereocenters. The summed E-state index contributed by atoms with van der Waals surface area (Å²) in [6.07, 6.45) is 2.78. The lowest BCUT2D eigenvalue weighted by Crippen LogP contribution is -2.22. The van der Waals surface area contributed by atoms with Crippen LogP contribution in [0.4, 0.5) is 0 Å². The van der Waals surface area contributed by atoms with Gasteiger partial charge in [-0.25, -0.2) is 0 Å². The van der Waals surface area contributed by atoms with Crippen molar-refractivity contribution in [3.63, 3.8) is 0 Å². The highest BCUT2D eigenvalue weighted by Gasteiger charge is 2.15. The molecule has 0 aliphatic carbocycles. The molecule has 0 N–H and O–H groups in total. The van der Waals surface area contributed by atoms with Crippen LogP contribution in [0.2, 0.25) is 0 Å². The van der Waals surface area contributed by atoms with E-state index >= 15 is 0 Å². The summed E-state index contributed by atoms with van der Waals surface area (Å²) >= 11 is 0. The van der Waals surface area contributed by atoms with Gasteiger partial charge >= 0.3 is 0 Å². The lowest BCUT2D eigenvalue weighted by atomic mass is 9.87. The Morgan fingerprint density at radius 1 is 1.20 bits per heavy atom. The number of rotatable bonds is 5. The van der Waals surface area contributed by atoms with Crippen molar-refractivity contribution in [1.29, 1.82) is 0 Å². The zero-order valence-electron chi connectivity index (χ0n) is 13.3. The average molecular weight is 275 g/mol.